The molecule has 0 unspecified atom stereocenters. The summed E-state index contributed by atoms with van der Waals surface area (Å²) in [5.41, 5.74) is 2.60. The van der Waals surface area contributed by atoms with E-state index in [1.54, 1.807) is 0 Å². The molecule has 0 aliphatic rings. The smallest absolute Gasteiger partial charge is 0.261 e. The van der Waals surface area contributed by atoms with E-state index in [1.165, 1.54) is 10.9 Å². The zero-order chi connectivity index (χ0) is 11.1. The van der Waals surface area contributed by atoms with E-state index >= 15 is 0 Å². The van der Waals surface area contributed by atoms with Gasteiger partial charge in [0.1, 0.15) is 0 Å². The molecular formula is C2H4N8O4. The average molecular weight is 204 g/mol. The van der Waals surface area contributed by atoms with Crippen molar-refractivity contribution in [1.29, 1.82) is 10.8 Å². The average Bonchev–Trinajstić information content (AvgIpc) is 1.98. The number of rotatable bonds is 2. The number of hydrazine groups is 2. The van der Waals surface area contributed by atoms with Gasteiger partial charge in [0.25, 0.3) is 11.9 Å². The van der Waals surface area contributed by atoms with Crippen LogP contribution in [0.2, 0.25) is 0 Å². The zero-order valence-electron chi connectivity index (χ0n) is 6.42. The third kappa shape index (κ3) is 6.08. The van der Waals surface area contributed by atoms with Crippen molar-refractivity contribution in [3.8, 4) is 0 Å². The molecule has 76 valence electrons. The standard InChI is InChI=1S/C2H4N8O4/c3-1(7-9(11)12)5-6-2(4)8-10(13)14/h(H2,3,7)(H2,4,8)/b6-5+. The topological polar surface area (TPSA) is 183 Å². The normalized spacial score (nSPS) is 9.43. The van der Waals surface area contributed by atoms with Gasteiger partial charge in [-0.1, -0.05) is 10.9 Å². The molecule has 14 heavy (non-hydrogen) atoms. The molecule has 12 heteroatoms. The lowest BCUT2D eigenvalue weighted by Gasteiger charge is -1.91. The second kappa shape index (κ2) is 5.07. The summed E-state index contributed by atoms with van der Waals surface area (Å²) in [6, 6.07) is 0. The Morgan fingerprint density at radius 3 is 1.50 bits per heavy atom. The third-order valence-electron chi connectivity index (χ3n) is 0.644. The molecule has 0 aliphatic heterocycles. The van der Waals surface area contributed by atoms with E-state index in [9.17, 15) is 20.2 Å². The van der Waals surface area contributed by atoms with E-state index in [4.69, 9.17) is 10.8 Å². The maximum Gasteiger partial charge on any atom is 0.296 e. The summed E-state index contributed by atoms with van der Waals surface area (Å²) >= 11 is 0. The Morgan fingerprint density at radius 2 is 1.29 bits per heavy atom. The molecular weight excluding hydrogens is 200 g/mol. The predicted octanol–water partition coefficient (Wildman–Crippen LogP) is -1.13. The van der Waals surface area contributed by atoms with Gasteiger partial charge in [0.05, 0.1) is 0 Å². The Hall–Kier alpha value is -2.66. The van der Waals surface area contributed by atoms with Crippen LogP contribution in [0, 0.1) is 31.0 Å². The Bertz CT molecular complexity index is 276. The first-order valence-corrected chi connectivity index (χ1v) is 2.82. The van der Waals surface area contributed by atoms with Crippen molar-refractivity contribution in [3.63, 3.8) is 0 Å². The molecule has 0 aromatic heterocycles. The highest BCUT2D eigenvalue weighted by Crippen LogP contribution is 1.77. The number of hydrogen-bond donors (Lipinski definition) is 4. The van der Waals surface area contributed by atoms with Crippen molar-refractivity contribution < 1.29 is 10.1 Å². The number of nitrogens with one attached hydrogen (secondary N) is 4. The molecule has 0 spiro atoms. The van der Waals surface area contributed by atoms with Crippen LogP contribution in [-0.4, -0.2) is 22.0 Å². The number of nitrogens with zero attached hydrogens (tertiary/aromatic N) is 4. The fourth-order valence-electron chi connectivity index (χ4n) is 0.318. The van der Waals surface area contributed by atoms with Crippen molar-refractivity contribution in [2.75, 3.05) is 0 Å². The van der Waals surface area contributed by atoms with E-state index in [1.807, 2.05) is 0 Å². The lowest BCUT2D eigenvalue weighted by molar-refractivity contribution is -0.526. The van der Waals surface area contributed by atoms with Gasteiger partial charge < -0.3 is 0 Å². The maximum absolute atomic E-state index is 9.71. The lowest BCUT2D eigenvalue weighted by atomic mass is 11.0. The van der Waals surface area contributed by atoms with Crippen molar-refractivity contribution in [2.45, 2.75) is 0 Å². The first-order chi connectivity index (χ1) is 6.41. The molecule has 0 aliphatic carbocycles. The number of guanidine groups is 2. The van der Waals surface area contributed by atoms with Crippen LogP contribution < -0.4 is 10.9 Å². The maximum atomic E-state index is 9.71. The third-order valence-corrected chi connectivity index (χ3v) is 0.644. The summed E-state index contributed by atoms with van der Waals surface area (Å²) in [7, 11) is 0. The number of hydrogen-bond acceptors (Lipinski definition) is 6. The minimum absolute atomic E-state index is 0.954. The summed E-state index contributed by atoms with van der Waals surface area (Å²) in [6.07, 6.45) is 0. The van der Waals surface area contributed by atoms with E-state index < -0.39 is 22.0 Å². The zero-order valence-corrected chi connectivity index (χ0v) is 6.42. The van der Waals surface area contributed by atoms with Crippen molar-refractivity contribution in [3.05, 3.63) is 20.2 Å². The largest absolute Gasteiger partial charge is 0.296 e. The second-order valence-corrected chi connectivity index (χ2v) is 1.64. The minimum atomic E-state index is -1.06. The van der Waals surface area contributed by atoms with Gasteiger partial charge in [0.15, 0.2) is 10.1 Å². The fourth-order valence-corrected chi connectivity index (χ4v) is 0.318. The quantitative estimate of drug-likeness (QED) is 0.145. The van der Waals surface area contributed by atoms with Crippen molar-refractivity contribution in [2.24, 2.45) is 10.2 Å². The van der Waals surface area contributed by atoms with E-state index in [0.29, 0.717) is 0 Å². The van der Waals surface area contributed by atoms with E-state index in [2.05, 4.69) is 10.2 Å². The van der Waals surface area contributed by atoms with Crippen molar-refractivity contribution in [1.82, 2.24) is 10.9 Å². The van der Waals surface area contributed by atoms with Gasteiger partial charge in [-0.2, -0.15) is 0 Å². The highest BCUT2D eigenvalue weighted by atomic mass is 16.7. The van der Waals surface area contributed by atoms with Gasteiger partial charge >= 0.3 is 0 Å². The summed E-state index contributed by atoms with van der Waals surface area (Å²) in [6.45, 7) is 0. The fraction of sp³-hybridized carbons (Fsp3) is 0. The highest BCUT2D eigenvalue weighted by Gasteiger charge is 2.03. The molecule has 12 nitrogen and oxygen atoms in total. The molecule has 0 aromatic carbocycles. The molecule has 0 rings (SSSR count). The van der Waals surface area contributed by atoms with Gasteiger partial charge in [-0.05, 0) is 0 Å². The lowest BCUT2D eigenvalue weighted by Crippen LogP contribution is -2.29. The van der Waals surface area contributed by atoms with Crippen molar-refractivity contribution >= 4 is 11.9 Å². The number of nitro groups is 2. The van der Waals surface area contributed by atoms with Gasteiger partial charge in [0.2, 0.25) is 0 Å². The van der Waals surface area contributed by atoms with Crippen LogP contribution in [0.15, 0.2) is 10.2 Å². The van der Waals surface area contributed by atoms with Crippen LogP contribution in [0.5, 0.6) is 0 Å². The molecule has 0 saturated carbocycles. The van der Waals surface area contributed by atoms with E-state index in [-0.39, 0.29) is 0 Å². The molecule has 0 bridgehead atoms. The monoisotopic (exact) mass is 204 g/mol. The highest BCUT2D eigenvalue weighted by molar-refractivity contribution is 5.80. The summed E-state index contributed by atoms with van der Waals surface area (Å²) in [5.74, 6) is -1.91. The van der Waals surface area contributed by atoms with E-state index in [0.717, 1.165) is 0 Å². The molecule has 4 N–H and O–H groups in total. The van der Waals surface area contributed by atoms with Gasteiger partial charge in [0, 0.05) is 0 Å². The first-order valence-electron chi connectivity index (χ1n) is 2.82. The van der Waals surface area contributed by atoms with Crippen LogP contribution in [0.4, 0.5) is 0 Å². The molecule has 0 radical (unpaired) electrons. The van der Waals surface area contributed by atoms with Gasteiger partial charge in [-0.15, -0.1) is 10.2 Å². The second-order valence-electron chi connectivity index (χ2n) is 1.64. The summed E-state index contributed by atoms with van der Waals surface area (Å²) in [5, 5.41) is 36.2. The molecule has 0 amide bonds. The predicted molar refractivity (Wildman–Crippen MR) is 40.6 cm³/mol. The molecule has 0 heterocycles. The summed E-state index contributed by atoms with van der Waals surface area (Å²) in [4.78, 5) is 19.4. The molecule has 0 saturated heterocycles. The Labute approximate surface area is 75.3 Å². The SMILES string of the molecule is N=C(/N=N/C(=N)N[N+](=O)[O-])N[N+](=O)[O-]. The number of azo groups is 1. The van der Waals surface area contributed by atoms with Crippen LogP contribution in [-0.2, 0) is 0 Å². The Balaban J connectivity index is 4.04. The summed E-state index contributed by atoms with van der Waals surface area (Å²) < 4.78 is 0. The van der Waals surface area contributed by atoms with Crippen LogP contribution >= 0.6 is 0 Å². The Kier molecular flexibility index (Phi) is 4.11. The van der Waals surface area contributed by atoms with Gasteiger partial charge in [-0.25, -0.2) is 20.2 Å². The molecule has 0 aromatic rings. The Morgan fingerprint density at radius 1 is 1.00 bits per heavy atom. The van der Waals surface area contributed by atoms with Crippen LogP contribution in [0.25, 0.3) is 0 Å². The first kappa shape index (κ1) is 11.3. The molecule has 0 fully saturated rings. The molecule has 0 atom stereocenters. The minimum Gasteiger partial charge on any atom is -0.261 e. The van der Waals surface area contributed by atoms with Crippen LogP contribution in [0.1, 0.15) is 0 Å². The van der Waals surface area contributed by atoms with Gasteiger partial charge in [-0.3, -0.25) is 10.8 Å². The van der Waals surface area contributed by atoms with Crippen LogP contribution in [0.3, 0.4) is 0 Å².